The Labute approximate surface area is 150 Å². The minimum atomic E-state index is -0.512. The highest BCUT2D eigenvalue weighted by Gasteiger charge is 2.16. The van der Waals surface area contributed by atoms with Crippen molar-refractivity contribution in [1.29, 1.82) is 0 Å². The highest BCUT2D eigenvalue weighted by Crippen LogP contribution is 2.29. The molecule has 0 fully saturated rings. The first-order valence-electron chi connectivity index (χ1n) is 7.57. The van der Waals surface area contributed by atoms with Gasteiger partial charge in [0.1, 0.15) is 5.75 Å². The number of likely N-dealkylation sites (N-methyl/N-ethyl adjacent to an activating group) is 1. The van der Waals surface area contributed by atoms with Gasteiger partial charge in [0.15, 0.2) is 0 Å². The Balaban J connectivity index is 2.07. The van der Waals surface area contributed by atoms with Crippen LogP contribution in [-0.4, -0.2) is 31.0 Å². The highest BCUT2D eigenvalue weighted by molar-refractivity contribution is 6.33. The molecule has 1 amide bonds. The van der Waals surface area contributed by atoms with Crippen molar-refractivity contribution in [3.05, 3.63) is 57.6 Å². The Kier molecular flexibility index (Phi) is 6.19. The zero-order chi connectivity index (χ0) is 18.4. The average Bonchev–Trinajstić information content (AvgIpc) is 2.60. The summed E-state index contributed by atoms with van der Waals surface area (Å²) in [7, 11) is 1.57. The maximum absolute atomic E-state index is 12.3. The van der Waals surface area contributed by atoms with Crippen LogP contribution in [0.1, 0.15) is 6.92 Å². The molecule has 0 aliphatic rings. The number of carbonyl (C=O) groups is 1. The number of nitrogens with one attached hydrogen (secondary N) is 1. The number of nitrogens with zero attached hydrogens (tertiary/aromatic N) is 2. The monoisotopic (exact) mass is 363 g/mol. The largest absolute Gasteiger partial charge is 0.497 e. The summed E-state index contributed by atoms with van der Waals surface area (Å²) in [6, 6.07) is 11.2. The normalized spacial score (nSPS) is 10.2. The van der Waals surface area contributed by atoms with Crippen LogP contribution >= 0.6 is 11.6 Å². The molecule has 0 saturated carbocycles. The molecule has 2 rings (SSSR count). The second-order valence-corrected chi connectivity index (χ2v) is 5.59. The lowest BCUT2D eigenvalue weighted by Crippen LogP contribution is -2.33. The number of hydrogen-bond acceptors (Lipinski definition) is 5. The SMILES string of the molecule is CCN(CC(=O)Nc1ccc(OC)cc1)c1ccc([N+](=O)[O-])cc1Cl. The summed E-state index contributed by atoms with van der Waals surface area (Å²) >= 11 is 6.13. The van der Waals surface area contributed by atoms with Gasteiger partial charge in [0.05, 0.1) is 29.3 Å². The van der Waals surface area contributed by atoms with Crippen LogP contribution in [0.25, 0.3) is 0 Å². The third-order valence-corrected chi connectivity index (χ3v) is 3.88. The van der Waals surface area contributed by atoms with Crippen molar-refractivity contribution < 1.29 is 14.5 Å². The van der Waals surface area contributed by atoms with Crippen molar-refractivity contribution in [3.8, 4) is 5.75 Å². The van der Waals surface area contributed by atoms with E-state index in [0.29, 0.717) is 23.7 Å². The summed E-state index contributed by atoms with van der Waals surface area (Å²) in [4.78, 5) is 24.3. The molecule has 0 spiro atoms. The van der Waals surface area contributed by atoms with E-state index in [9.17, 15) is 14.9 Å². The van der Waals surface area contributed by atoms with Crippen LogP contribution in [0.4, 0.5) is 17.1 Å². The van der Waals surface area contributed by atoms with Gasteiger partial charge >= 0.3 is 0 Å². The summed E-state index contributed by atoms with van der Waals surface area (Å²) in [6.45, 7) is 2.46. The highest BCUT2D eigenvalue weighted by atomic mass is 35.5. The van der Waals surface area contributed by atoms with Crippen molar-refractivity contribution in [2.75, 3.05) is 30.4 Å². The van der Waals surface area contributed by atoms with Gasteiger partial charge in [-0.2, -0.15) is 0 Å². The quantitative estimate of drug-likeness (QED) is 0.598. The first-order valence-corrected chi connectivity index (χ1v) is 7.95. The number of carbonyl (C=O) groups excluding carboxylic acids is 1. The number of benzene rings is 2. The molecule has 0 unspecified atom stereocenters. The molecule has 0 heterocycles. The van der Waals surface area contributed by atoms with Gasteiger partial charge in [0, 0.05) is 24.4 Å². The van der Waals surface area contributed by atoms with E-state index in [1.165, 1.54) is 12.1 Å². The number of hydrogen-bond donors (Lipinski definition) is 1. The second-order valence-electron chi connectivity index (χ2n) is 5.18. The maximum Gasteiger partial charge on any atom is 0.271 e. The molecular weight excluding hydrogens is 346 g/mol. The van der Waals surface area contributed by atoms with E-state index in [0.717, 1.165) is 0 Å². The predicted molar refractivity (Wildman–Crippen MR) is 97.6 cm³/mol. The van der Waals surface area contributed by atoms with Gasteiger partial charge in [-0.3, -0.25) is 14.9 Å². The van der Waals surface area contributed by atoms with Gasteiger partial charge in [-0.15, -0.1) is 0 Å². The number of methoxy groups -OCH3 is 1. The molecule has 0 saturated heterocycles. The van der Waals surface area contributed by atoms with Crippen molar-refractivity contribution in [2.24, 2.45) is 0 Å². The molecular formula is C17H18ClN3O4. The first kappa shape index (κ1) is 18.5. The zero-order valence-corrected chi connectivity index (χ0v) is 14.6. The van der Waals surface area contributed by atoms with Crippen molar-refractivity contribution in [2.45, 2.75) is 6.92 Å². The van der Waals surface area contributed by atoms with Gasteiger partial charge in [0.2, 0.25) is 5.91 Å². The minimum absolute atomic E-state index is 0.0695. The molecule has 25 heavy (non-hydrogen) atoms. The fourth-order valence-corrected chi connectivity index (χ4v) is 2.58. The van der Waals surface area contributed by atoms with Crippen LogP contribution in [0.2, 0.25) is 5.02 Å². The smallest absolute Gasteiger partial charge is 0.271 e. The Morgan fingerprint density at radius 1 is 1.28 bits per heavy atom. The summed E-state index contributed by atoms with van der Waals surface area (Å²) in [5.74, 6) is 0.479. The molecule has 0 bridgehead atoms. The van der Waals surface area contributed by atoms with Gasteiger partial charge in [-0.1, -0.05) is 11.6 Å². The fraction of sp³-hybridized carbons (Fsp3) is 0.235. The van der Waals surface area contributed by atoms with Crippen LogP contribution in [-0.2, 0) is 4.79 Å². The van der Waals surface area contributed by atoms with E-state index in [1.807, 2.05) is 6.92 Å². The van der Waals surface area contributed by atoms with Crippen molar-refractivity contribution in [3.63, 3.8) is 0 Å². The van der Waals surface area contributed by atoms with E-state index < -0.39 is 4.92 Å². The maximum atomic E-state index is 12.3. The number of non-ortho nitro benzene ring substituents is 1. The molecule has 0 atom stereocenters. The average molecular weight is 364 g/mol. The molecule has 0 aliphatic carbocycles. The van der Waals surface area contributed by atoms with Crippen LogP contribution in [0.15, 0.2) is 42.5 Å². The summed E-state index contributed by atoms with van der Waals surface area (Å²) < 4.78 is 5.07. The number of nitro groups is 1. The third-order valence-electron chi connectivity index (χ3n) is 3.57. The topological polar surface area (TPSA) is 84.7 Å². The lowest BCUT2D eigenvalue weighted by Gasteiger charge is -2.23. The Morgan fingerprint density at radius 3 is 2.48 bits per heavy atom. The van der Waals surface area contributed by atoms with Crippen molar-refractivity contribution >= 4 is 34.6 Å². The predicted octanol–water partition coefficient (Wildman–Crippen LogP) is 3.72. The van der Waals surface area contributed by atoms with Crippen LogP contribution in [0, 0.1) is 10.1 Å². The minimum Gasteiger partial charge on any atom is -0.497 e. The molecule has 0 radical (unpaired) electrons. The summed E-state index contributed by atoms with van der Waals surface area (Å²) in [6.07, 6.45) is 0. The van der Waals surface area contributed by atoms with E-state index >= 15 is 0 Å². The molecule has 1 N–H and O–H groups in total. The molecule has 2 aromatic carbocycles. The van der Waals surface area contributed by atoms with Crippen molar-refractivity contribution in [1.82, 2.24) is 0 Å². The zero-order valence-electron chi connectivity index (χ0n) is 13.9. The third kappa shape index (κ3) is 4.84. The number of anilines is 2. The van der Waals surface area contributed by atoms with Crippen LogP contribution < -0.4 is 15.0 Å². The van der Waals surface area contributed by atoms with E-state index in [1.54, 1.807) is 42.3 Å². The van der Waals surface area contributed by atoms with Gasteiger partial charge in [-0.05, 0) is 37.3 Å². The lowest BCUT2D eigenvalue weighted by atomic mass is 10.2. The number of nitro benzene ring substituents is 1. The molecule has 2 aromatic rings. The van der Waals surface area contributed by atoms with Gasteiger partial charge in [0.25, 0.3) is 5.69 Å². The molecule has 8 heteroatoms. The Bertz CT molecular complexity index is 765. The molecule has 132 valence electrons. The lowest BCUT2D eigenvalue weighted by molar-refractivity contribution is -0.384. The second kappa shape index (κ2) is 8.34. The molecule has 7 nitrogen and oxygen atoms in total. The van der Waals surface area contributed by atoms with E-state index in [4.69, 9.17) is 16.3 Å². The molecule has 0 aliphatic heterocycles. The van der Waals surface area contributed by atoms with Crippen LogP contribution in [0.5, 0.6) is 5.75 Å². The number of ether oxygens (including phenoxy) is 1. The molecule has 0 aromatic heterocycles. The number of rotatable bonds is 7. The van der Waals surface area contributed by atoms with E-state index in [-0.39, 0.29) is 23.2 Å². The van der Waals surface area contributed by atoms with Gasteiger partial charge < -0.3 is 15.0 Å². The number of amides is 1. The summed E-state index contributed by atoms with van der Waals surface area (Å²) in [5, 5.41) is 13.8. The summed E-state index contributed by atoms with van der Waals surface area (Å²) in [5.41, 5.74) is 1.13. The Hall–Kier alpha value is -2.80. The van der Waals surface area contributed by atoms with Crippen LogP contribution in [0.3, 0.4) is 0 Å². The fourth-order valence-electron chi connectivity index (χ4n) is 2.28. The standard InChI is InChI=1S/C17H18ClN3O4/c1-3-20(16-9-6-13(21(23)24)10-15(16)18)11-17(22)19-12-4-7-14(25-2)8-5-12/h4-10H,3,11H2,1-2H3,(H,19,22). The number of halogens is 1. The van der Waals surface area contributed by atoms with E-state index in [2.05, 4.69) is 5.32 Å². The first-order chi connectivity index (χ1) is 11.9. The van der Waals surface area contributed by atoms with Gasteiger partial charge in [-0.25, -0.2) is 0 Å². The Morgan fingerprint density at radius 2 is 1.96 bits per heavy atom.